The van der Waals surface area contributed by atoms with E-state index in [-0.39, 0.29) is 0 Å². The first-order valence-corrected chi connectivity index (χ1v) is 2.34. The lowest BCUT2D eigenvalue weighted by Gasteiger charge is -1.93. The average molecular weight is 113 g/mol. The Balaban J connectivity index is 3.76. The molecule has 0 aliphatic carbocycles. The lowest BCUT2D eigenvalue weighted by molar-refractivity contribution is -0.139. The molecule has 0 spiro atoms. The van der Waals surface area contributed by atoms with Crippen LogP contribution in [0.1, 0.15) is 13.3 Å². The molecule has 0 aromatic carbocycles. The van der Waals surface area contributed by atoms with Crippen LogP contribution in [0.5, 0.6) is 0 Å². The first-order chi connectivity index (χ1) is 3.72. The van der Waals surface area contributed by atoms with Crippen LogP contribution in [-0.2, 0) is 4.79 Å². The molecule has 0 heterocycles. The summed E-state index contributed by atoms with van der Waals surface area (Å²) in [6.45, 7) is 1.67. The molecule has 0 rings (SSSR count). The molecule has 3 heteroatoms. The van der Waals surface area contributed by atoms with Gasteiger partial charge in [0.05, 0.1) is 6.07 Å². The van der Waals surface area contributed by atoms with E-state index in [0.29, 0.717) is 6.42 Å². The molecule has 0 aliphatic rings. The van der Waals surface area contributed by atoms with Gasteiger partial charge in [-0.1, -0.05) is 6.92 Å². The summed E-state index contributed by atoms with van der Waals surface area (Å²) in [5.74, 6) is -1.86. The molecule has 0 radical (unpaired) electrons. The summed E-state index contributed by atoms with van der Waals surface area (Å²) < 4.78 is 0. The van der Waals surface area contributed by atoms with Gasteiger partial charge in [0, 0.05) is 0 Å². The molecule has 1 atom stereocenters. The van der Waals surface area contributed by atoms with Crippen molar-refractivity contribution < 1.29 is 9.90 Å². The van der Waals surface area contributed by atoms with E-state index in [1.807, 2.05) is 0 Å². The van der Waals surface area contributed by atoms with E-state index in [9.17, 15) is 4.79 Å². The fourth-order valence-corrected chi connectivity index (χ4v) is 0.321. The number of carbonyl (C=O) groups is 1. The van der Waals surface area contributed by atoms with Crippen molar-refractivity contribution >= 4 is 5.97 Å². The zero-order valence-corrected chi connectivity index (χ0v) is 4.59. The van der Waals surface area contributed by atoms with Crippen LogP contribution in [0.3, 0.4) is 0 Å². The van der Waals surface area contributed by atoms with Gasteiger partial charge in [0.25, 0.3) is 0 Å². The molecule has 0 unspecified atom stereocenters. The molecule has 8 heavy (non-hydrogen) atoms. The van der Waals surface area contributed by atoms with Gasteiger partial charge in [0.15, 0.2) is 0 Å². The number of carboxylic acids is 1. The van der Waals surface area contributed by atoms with E-state index in [1.165, 1.54) is 0 Å². The maximum atomic E-state index is 9.94. The summed E-state index contributed by atoms with van der Waals surface area (Å²) in [6.07, 6.45) is 0.381. The number of rotatable bonds is 2. The first-order valence-electron chi connectivity index (χ1n) is 2.34. The summed E-state index contributed by atoms with van der Waals surface area (Å²) in [4.78, 5) is 9.94. The Bertz CT molecular complexity index is 125. The third-order valence-electron chi connectivity index (χ3n) is 0.862. The van der Waals surface area contributed by atoms with Crippen molar-refractivity contribution in [2.45, 2.75) is 13.3 Å². The van der Waals surface area contributed by atoms with Gasteiger partial charge in [-0.3, -0.25) is 4.79 Å². The van der Waals surface area contributed by atoms with E-state index in [0.717, 1.165) is 0 Å². The molecule has 0 aliphatic heterocycles. The minimum Gasteiger partial charge on any atom is -0.480 e. The second-order valence-electron chi connectivity index (χ2n) is 1.43. The lowest BCUT2D eigenvalue weighted by Crippen LogP contribution is -2.09. The number of carboxylic acid groups (broad SMARTS) is 1. The SMILES string of the molecule is CC[C@H](C#N)C(=O)O. The van der Waals surface area contributed by atoms with Crippen molar-refractivity contribution in [3.05, 3.63) is 0 Å². The van der Waals surface area contributed by atoms with Crippen molar-refractivity contribution in [3.63, 3.8) is 0 Å². The highest BCUT2D eigenvalue weighted by Gasteiger charge is 2.11. The first kappa shape index (κ1) is 6.96. The molecule has 3 nitrogen and oxygen atoms in total. The highest BCUT2D eigenvalue weighted by Crippen LogP contribution is 1.98. The predicted octanol–water partition coefficient (Wildman–Crippen LogP) is 0.621. The van der Waals surface area contributed by atoms with Gasteiger partial charge in [0.1, 0.15) is 5.92 Å². The molecule has 0 fully saturated rings. The second-order valence-corrected chi connectivity index (χ2v) is 1.43. The third kappa shape index (κ3) is 1.61. The summed E-state index contributed by atoms with van der Waals surface area (Å²) in [5.41, 5.74) is 0. The van der Waals surface area contributed by atoms with E-state index in [1.54, 1.807) is 13.0 Å². The Kier molecular flexibility index (Phi) is 2.63. The monoisotopic (exact) mass is 113 g/mol. The van der Waals surface area contributed by atoms with Crippen LogP contribution < -0.4 is 0 Å². The quantitative estimate of drug-likeness (QED) is 0.571. The molecule has 0 aromatic rings. The van der Waals surface area contributed by atoms with Gasteiger partial charge < -0.3 is 5.11 Å². The molecule has 0 saturated carbocycles. The fraction of sp³-hybridized carbons (Fsp3) is 0.600. The van der Waals surface area contributed by atoms with Crippen LogP contribution >= 0.6 is 0 Å². The van der Waals surface area contributed by atoms with Crippen LogP contribution in [0, 0.1) is 17.2 Å². The summed E-state index contributed by atoms with van der Waals surface area (Å²) in [7, 11) is 0. The van der Waals surface area contributed by atoms with Gasteiger partial charge in [0.2, 0.25) is 0 Å². The van der Waals surface area contributed by atoms with Gasteiger partial charge in [-0.05, 0) is 6.42 Å². The Morgan fingerprint density at radius 1 is 2.00 bits per heavy atom. The smallest absolute Gasteiger partial charge is 0.320 e. The summed E-state index contributed by atoms with van der Waals surface area (Å²) >= 11 is 0. The van der Waals surface area contributed by atoms with Crippen LogP contribution in [-0.4, -0.2) is 11.1 Å². The highest BCUT2D eigenvalue weighted by atomic mass is 16.4. The fourth-order valence-electron chi connectivity index (χ4n) is 0.321. The Morgan fingerprint density at radius 3 is 2.50 bits per heavy atom. The lowest BCUT2D eigenvalue weighted by atomic mass is 10.1. The van der Waals surface area contributed by atoms with E-state index >= 15 is 0 Å². The standard InChI is InChI=1S/C5H7NO2/c1-2-4(3-6)5(7)8/h4H,2H2,1H3,(H,7,8)/t4-/m1/s1. The summed E-state index contributed by atoms with van der Waals surface area (Å²) in [5, 5.41) is 16.2. The largest absolute Gasteiger partial charge is 0.480 e. The van der Waals surface area contributed by atoms with Gasteiger partial charge in [-0.15, -0.1) is 0 Å². The van der Waals surface area contributed by atoms with Crippen molar-refractivity contribution in [2.24, 2.45) is 5.92 Å². The number of nitriles is 1. The topological polar surface area (TPSA) is 61.1 Å². The molecule has 44 valence electrons. The highest BCUT2D eigenvalue weighted by molar-refractivity contribution is 5.72. The minimum absolute atomic E-state index is 0.381. The molecular formula is C5H7NO2. The molecule has 0 saturated heterocycles. The third-order valence-corrected chi connectivity index (χ3v) is 0.862. The molecular weight excluding hydrogens is 106 g/mol. The van der Waals surface area contributed by atoms with Gasteiger partial charge in [-0.25, -0.2) is 0 Å². The Hall–Kier alpha value is -1.04. The zero-order chi connectivity index (χ0) is 6.57. The molecule has 1 N–H and O–H groups in total. The van der Waals surface area contributed by atoms with Gasteiger partial charge in [-0.2, -0.15) is 5.26 Å². The number of hydrogen-bond donors (Lipinski definition) is 1. The van der Waals surface area contributed by atoms with Crippen molar-refractivity contribution in [3.8, 4) is 6.07 Å². The maximum Gasteiger partial charge on any atom is 0.320 e. The van der Waals surface area contributed by atoms with Crippen LogP contribution in [0.25, 0.3) is 0 Å². The molecule has 0 amide bonds. The normalized spacial score (nSPS) is 12.0. The number of aliphatic carboxylic acids is 1. The van der Waals surface area contributed by atoms with Crippen LogP contribution in [0.4, 0.5) is 0 Å². The van der Waals surface area contributed by atoms with Crippen molar-refractivity contribution in [2.75, 3.05) is 0 Å². The zero-order valence-electron chi connectivity index (χ0n) is 4.59. The molecule has 0 aromatic heterocycles. The van der Waals surface area contributed by atoms with Gasteiger partial charge >= 0.3 is 5.97 Å². The van der Waals surface area contributed by atoms with Crippen LogP contribution in [0.2, 0.25) is 0 Å². The summed E-state index contributed by atoms with van der Waals surface area (Å²) in [6, 6.07) is 1.65. The second kappa shape index (κ2) is 3.03. The van der Waals surface area contributed by atoms with E-state index < -0.39 is 11.9 Å². The van der Waals surface area contributed by atoms with E-state index in [4.69, 9.17) is 10.4 Å². The minimum atomic E-state index is -1.03. The van der Waals surface area contributed by atoms with Crippen molar-refractivity contribution in [1.82, 2.24) is 0 Å². The Morgan fingerprint density at radius 2 is 2.50 bits per heavy atom. The van der Waals surface area contributed by atoms with Crippen LogP contribution in [0.15, 0.2) is 0 Å². The van der Waals surface area contributed by atoms with E-state index in [2.05, 4.69) is 0 Å². The number of hydrogen-bond acceptors (Lipinski definition) is 2. The van der Waals surface area contributed by atoms with Crippen molar-refractivity contribution in [1.29, 1.82) is 5.26 Å². The Labute approximate surface area is 47.5 Å². The maximum absolute atomic E-state index is 9.94. The predicted molar refractivity (Wildman–Crippen MR) is 27.0 cm³/mol. The average Bonchev–Trinajstić information content (AvgIpc) is 1.69. The molecule has 0 bridgehead atoms. The number of nitrogens with zero attached hydrogens (tertiary/aromatic N) is 1.